The molecule has 2 aliphatic heterocycles. The molecule has 0 aromatic heterocycles. The fourth-order valence-electron chi connectivity index (χ4n) is 5.06. The van der Waals surface area contributed by atoms with Gasteiger partial charge in [-0.2, -0.15) is 0 Å². The van der Waals surface area contributed by atoms with Gasteiger partial charge in [0.05, 0.1) is 25.3 Å². The monoisotopic (exact) mass is 482 g/mol. The molecule has 186 valence electrons. The minimum Gasteiger partial charge on any atom is -0.444 e. The number of fused-ring (bicyclic) bond motifs is 1. The average Bonchev–Trinajstić information content (AvgIpc) is 2.85. The molecule has 2 N–H and O–H groups in total. The summed E-state index contributed by atoms with van der Waals surface area (Å²) in [7, 11) is 1.51. The maximum absolute atomic E-state index is 13.4. The van der Waals surface area contributed by atoms with E-state index in [-0.39, 0.29) is 5.91 Å². The third-order valence-electron chi connectivity index (χ3n) is 7.21. The van der Waals surface area contributed by atoms with Gasteiger partial charge < -0.3 is 25.0 Å². The second-order valence-electron chi connectivity index (χ2n) is 9.29. The lowest BCUT2D eigenvalue weighted by Gasteiger charge is -2.43. The van der Waals surface area contributed by atoms with Crippen LogP contribution in [-0.4, -0.2) is 75.5 Å². The van der Waals surface area contributed by atoms with E-state index in [1.165, 1.54) is 31.3 Å². The summed E-state index contributed by atoms with van der Waals surface area (Å²) in [4.78, 5) is 29.9. The van der Waals surface area contributed by atoms with E-state index in [4.69, 9.17) is 9.47 Å². The van der Waals surface area contributed by atoms with Crippen molar-refractivity contribution in [2.24, 2.45) is 0 Å². The van der Waals surface area contributed by atoms with Crippen LogP contribution in [0.25, 0.3) is 0 Å². The Hall–Kier alpha value is -3.17. The zero-order valence-electron chi connectivity index (χ0n) is 19.8. The molecule has 2 saturated heterocycles. The van der Waals surface area contributed by atoms with Crippen molar-refractivity contribution >= 4 is 17.7 Å². The van der Waals surface area contributed by atoms with Crippen molar-refractivity contribution in [1.29, 1.82) is 0 Å². The van der Waals surface area contributed by atoms with Gasteiger partial charge in [-0.05, 0) is 60.4 Å². The van der Waals surface area contributed by atoms with Crippen LogP contribution in [0.3, 0.4) is 0 Å². The van der Waals surface area contributed by atoms with Crippen molar-refractivity contribution in [2.45, 2.75) is 31.0 Å². The number of anilines is 1. The molecule has 2 amide bonds. The highest BCUT2D eigenvalue weighted by atomic mass is 19.1. The number of benzene rings is 2. The summed E-state index contributed by atoms with van der Waals surface area (Å²) in [6.45, 7) is 5.44. The van der Waals surface area contributed by atoms with Gasteiger partial charge in [-0.15, -0.1) is 0 Å². The van der Waals surface area contributed by atoms with E-state index < -0.39 is 24.1 Å². The van der Waals surface area contributed by atoms with E-state index in [0.29, 0.717) is 18.0 Å². The van der Waals surface area contributed by atoms with Crippen LogP contribution in [0.15, 0.2) is 42.5 Å². The number of halogens is 1. The molecule has 2 aromatic rings. The first-order valence-electron chi connectivity index (χ1n) is 12.2. The first kappa shape index (κ1) is 23.6. The van der Waals surface area contributed by atoms with Crippen molar-refractivity contribution in [3.63, 3.8) is 0 Å². The van der Waals surface area contributed by atoms with Crippen molar-refractivity contribution in [1.82, 2.24) is 15.5 Å². The van der Waals surface area contributed by atoms with Gasteiger partial charge in [0.25, 0.3) is 5.91 Å². The number of nitrogens with one attached hydrogen (secondary N) is 2. The molecule has 8 nitrogen and oxygen atoms in total. The number of hydrogen-bond acceptors (Lipinski definition) is 6. The smallest absolute Gasteiger partial charge is 0.407 e. The first-order chi connectivity index (χ1) is 17.0. The molecule has 9 heteroatoms. The highest BCUT2D eigenvalue weighted by Crippen LogP contribution is 2.35. The van der Waals surface area contributed by atoms with Crippen LogP contribution in [0.2, 0.25) is 0 Å². The topological polar surface area (TPSA) is 83.1 Å². The zero-order chi connectivity index (χ0) is 24.4. The zero-order valence-corrected chi connectivity index (χ0v) is 19.8. The van der Waals surface area contributed by atoms with Crippen LogP contribution in [0.1, 0.15) is 33.9 Å². The third-order valence-corrected chi connectivity index (χ3v) is 7.21. The number of nitrogens with zero attached hydrogens (tertiary/aromatic N) is 2. The Morgan fingerprint density at radius 3 is 2.46 bits per heavy atom. The SMILES string of the molecule is CNC(=O)OC1CCc2ccc(N3CCN(C4COC4)CC3)cc2C1NC(=O)c1ccc(F)cc1. The second-order valence-corrected chi connectivity index (χ2v) is 9.29. The van der Waals surface area contributed by atoms with Crippen molar-refractivity contribution < 1.29 is 23.5 Å². The van der Waals surface area contributed by atoms with Gasteiger partial charge in [-0.25, -0.2) is 9.18 Å². The molecule has 0 bridgehead atoms. The first-order valence-corrected chi connectivity index (χ1v) is 12.2. The number of carbonyl (C=O) groups excluding carboxylic acids is 2. The van der Waals surface area contributed by atoms with Crippen LogP contribution in [-0.2, 0) is 15.9 Å². The van der Waals surface area contributed by atoms with Crippen LogP contribution in [0.5, 0.6) is 0 Å². The van der Waals surface area contributed by atoms with Crippen LogP contribution < -0.4 is 15.5 Å². The molecular formula is C26H31FN4O4. The Morgan fingerprint density at radius 1 is 1.06 bits per heavy atom. The van der Waals surface area contributed by atoms with Crippen molar-refractivity contribution in [3.8, 4) is 0 Å². The standard InChI is InChI=1S/C26H31FN4O4/c1-28-26(33)35-23-9-5-17-4-8-20(30-10-12-31(13-11-30)21-15-34-16-21)14-22(17)24(23)29-25(32)18-2-6-19(27)7-3-18/h2-4,6-8,14,21,23-24H,5,9-13,15-16H2,1H3,(H,28,33)(H,29,32). The van der Waals surface area contributed by atoms with Gasteiger partial charge in [0.2, 0.25) is 0 Å². The largest absolute Gasteiger partial charge is 0.444 e. The lowest BCUT2D eigenvalue weighted by Crippen LogP contribution is -2.56. The van der Waals surface area contributed by atoms with Crippen molar-refractivity contribution in [3.05, 3.63) is 65.0 Å². The maximum Gasteiger partial charge on any atom is 0.407 e. The van der Waals surface area contributed by atoms with Gasteiger partial charge in [0.1, 0.15) is 11.9 Å². The van der Waals surface area contributed by atoms with Crippen LogP contribution in [0, 0.1) is 5.82 Å². The third kappa shape index (κ3) is 5.11. The van der Waals surface area contributed by atoms with E-state index in [0.717, 1.165) is 62.6 Å². The summed E-state index contributed by atoms with van der Waals surface area (Å²) in [5, 5.41) is 5.55. The molecular weight excluding hydrogens is 451 g/mol. The van der Waals surface area contributed by atoms with Gasteiger partial charge in [-0.3, -0.25) is 9.69 Å². The number of aryl methyl sites for hydroxylation is 1. The highest BCUT2D eigenvalue weighted by Gasteiger charge is 2.35. The number of piperazine rings is 1. The minimum atomic E-state index is -0.535. The van der Waals surface area contributed by atoms with Gasteiger partial charge >= 0.3 is 6.09 Å². The average molecular weight is 483 g/mol. The Bertz CT molecular complexity index is 1070. The lowest BCUT2D eigenvalue weighted by atomic mass is 9.84. The van der Waals surface area contributed by atoms with Gasteiger partial charge in [0, 0.05) is 44.5 Å². The molecule has 2 aromatic carbocycles. The van der Waals surface area contributed by atoms with E-state index >= 15 is 0 Å². The van der Waals surface area contributed by atoms with E-state index in [9.17, 15) is 14.0 Å². The summed E-state index contributed by atoms with van der Waals surface area (Å²) >= 11 is 0. The van der Waals surface area contributed by atoms with Crippen molar-refractivity contribution in [2.75, 3.05) is 51.3 Å². The second kappa shape index (κ2) is 10.2. The number of rotatable bonds is 5. The maximum atomic E-state index is 13.4. The number of alkyl carbamates (subject to hydrolysis) is 1. The lowest BCUT2D eigenvalue weighted by molar-refractivity contribution is -0.0660. The fourth-order valence-corrected chi connectivity index (χ4v) is 5.06. The Morgan fingerprint density at radius 2 is 1.80 bits per heavy atom. The highest BCUT2D eigenvalue weighted by molar-refractivity contribution is 5.94. The van der Waals surface area contributed by atoms with Gasteiger partial charge in [0.15, 0.2) is 0 Å². The summed E-state index contributed by atoms with van der Waals surface area (Å²) < 4.78 is 24.3. The summed E-state index contributed by atoms with van der Waals surface area (Å²) in [6, 6.07) is 11.8. The molecule has 2 atom stereocenters. The fraction of sp³-hybridized carbons (Fsp3) is 0.462. The Balaban J connectivity index is 1.38. The molecule has 1 aliphatic carbocycles. The molecule has 0 spiro atoms. The number of amides is 2. The predicted molar refractivity (Wildman–Crippen MR) is 129 cm³/mol. The van der Waals surface area contributed by atoms with E-state index in [1.54, 1.807) is 0 Å². The molecule has 2 fully saturated rings. The summed E-state index contributed by atoms with van der Waals surface area (Å²) in [5.74, 6) is -0.741. The number of ether oxygens (including phenoxy) is 2. The quantitative estimate of drug-likeness (QED) is 0.682. The number of hydrogen-bond donors (Lipinski definition) is 2. The van der Waals surface area contributed by atoms with E-state index in [1.807, 2.05) is 0 Å². The Labute approximate surface area is 204 Å². The summed E-state index contributed by atoms with van der Waals surface area (Å²) in [5.41, 5.74) is 3.52. The normalized spacial score (nSPS) is 22.6. The molecule has 2 unspecified atom stereocenters. The molecule has 0 saturated carbocycles. The molecule has 35 heavy (non-hydrogen) atoms. The summed E-state index contributed by atoms with van der Waals surface area (Å²) in [6.07, 6.45) is 0.288. The molecule has 3 aliphatic rings. The van der Waals surface area contributed by atoms with Gasteiger partial charge in [-0.1, -0.05) is 6.07 Å². The molecule has 5 rings (SSSR count). The molecule has 2 heterocycles. The van der Waals surface area contributed by atoms with Crippen LogP contribution in [0.4, 0.5) is 14.9 Å². The Kier molecular flexibility index (Phi) is 6.88. The predicted octanol–water partition coefficient (Wildman–Crippen LogP) is 2.49. The number of carbonyl (C=O) groups is 2. The van der Waals surface area contributed by atoms with E-state index in [2.05, 4.69) is 38.6 Å². The minimum absolute atomic E-state index is 0.338. The molecule has 0 radical (unpaired) electrons. The van der Waals surface area contributed by atoms with Crippen LogP contribution >= 0.6 is 0 Å².